The lowest BCUT2D eigenvalue weighted by atomic mass is 10.3. The Hall–Kier alpha value is -0.910. The highest BCUT2D eigenvalue weighted by Crippen LogP contribution is 2.13. The molecule has 0 bridgehead atoms. The van der Waals surface area contributed by atoms with Crippen LogP contribution < -0.4 is 10.6 Å². The minimum atomic E-state index is -0.0247. The highest BCUT2D eigenvalue weighted by molar-refractivity contribution is 9.10. The van der Waals surface area contributed by atoms with E-state index >= 15 is 0 Å². The van der Waals surface area contributed by atoms with E-state index in [-0.39, 0.29) is 5.91 Å². The average Bonchev–Trinajstić information content (AvgIpc) is 2.32. The number of nitrogens with zero attached hydrogens (tertiary/aromatic N) is 1. The summed E-state index contributed by atoms with van der Waals surface area (Å²) < 4.78 is 0.999. The highest BCUT2D eigenvalue weighted by Gasteiger charge is 2.06. The average molecular weight is 314 g/mol. The Morgan fingerprint density at radius 2 is 1.94 bits per heavy atom. The van der Waals surface area contributed by atoms with Crippen LogP contribution in [-0.4, -0.2) is 44.0 Å². The molecule has 0 fully saturated rings. The SMILES string of the molecule is CC(CNCC(=O)Nc1ccc(Br)cc1)N(C)C. The number of carbonyl (C=O) groups excluding carboxylic acids is 1. The number of rotatable bonds is 6. The zero-order valence-electron chi connectivity index (χ0n) is 11.0. The van der Waals surface area contributed by atoms with Gasteiger partial charge in [0.25, 0.3) is 0 Å². The summed E-state index contributed by atoms with van der Waals surface area (Å²) in [6.45, 7) is 3.23. The van der Waals surface area contributed by atoms with Crippen molar-refractivity contribution in [1.29, 1.82) is 0 Å². The van der Waals surface area contributed by atoms with E-state index in [4.69, 9.17) is 0 Å². The lowest BCUT2D eigenvalue weighted by molar-refractivity contribution is -0.115. The first-order chi connectivity index (χ1) is 8.49. The van der Waals surface area contributed by atoms with Crippen LogP contribution >= 0.6 is 15.9 Å². The van der Waals surface area contributed by atoms with Crippen LogP contribution in [0.3, 0.4) is 0 Å². The maximum absolute atomic E-state index is 11.6. The quantitative estimate of drug-likeness (QED) is 0.843. The fraction of sp³-hybridized carbons (Fsp3) is 0.462. The summed E-state index contributed by atoms with van der Waals surface area (Å²) in [5.74, 6) is -0.0247. The molecule has 0 aromatic heterocycles. The Morgan fingerprint density at radius 1 is 1.33 bits per heavy atom. The molecule has 5 heteroatoms. The second-order valence-electron chi connectivity index (χ2n) is 4.50. The highest BCUT2D eigenvalue weighted by atomic mass is 79.9. The summed E-state index contributed by atoms with van der Waals surface area (Å²) in [5.41, 5.74) is 0.811. The standard InChI is InChI=1S/C13H20BrN3O/c1-10(17(2)3)8-15-9-13(18)16-12-6-4-11(14)5-7-12/h4-7,10,15H,8-9H2,1-3H3,(H,16,18). The lowest BCUT2D eigenvalue weighted by Gasteiger charge is -2.19. The first-order valence-electron chi connectivity index (χ1n) is 5.91. The molecule has 0 heterocycles. The number of carbonyl (C=O) groups is 1. The van der Waals surface area contributed by atoms with Gasteiger partial charge in [0.1, 0.15) is 0 Å². The third kappa shape index (κ3) is 5.62. The topological polar surface area (TPSA) is 44.4 Å². The zero-order chi connectivity index (χ0) is 13.5. The molecule has 0 aliphatic rings. The Balaban J connectivity index is 2.27. The Labute approximate surface area is 117 Å². The van der Waals surface area contributed by atoms with Crippen molar-refractivity contribution in [1.82, 2.24) is 10.2 Å². The van der Waals surface area contributed by atoms with Gasteiger partial charge in [-0.05, 0) is 45.3 Å². The summed E-state index contributed by atoms with van der Waals surface area (Å²) in [7, 11) is 4.04. The van der Waals surface area contributed by atoms with Gasteiger partial charge in [-0.1, -0.05) is 15.9 Å². The van der Waals surface area contributed by atoms with Gasteiger partial charge in [0.05, 0.1) is 6.54 Å². The molecule has 0 radical (unpaired) electrons. The molecule has 1 rings (SSSR count). The van der Waals surface area contributed by atoms with Crippen molar-refractivity contribution in [3.63, 3.8) is 0 Å². The number of hydrogen-bond acceptors (Lipinski definition) is 3. The Kier molecular flexibility index (Phi) is 6.32. The van der Waals surface area contributed by atoms with Crippen LogP contribution in [0.25, 0.3) is 0 Å². The van der Waals surface area contributed by atoms with E-state index in [0.717, 1.165) is 16.7 Å². The van der Waals surface area contributed by atoms with Crippen molar-refractivity contribution in [3.05, 3.63) is 28.7 Å². The third-order valence-electron chi connectivity index (χ3n) is 2.73. The number of hydrogen-bond donors (Lipinski definition) is 2. The number of halogens is 1. The molecular formula is C13H20BrN3O. The second kappa shape index (κ2) is 7.51. The smallest absolute Gasteiger partial charge is 0.238 e. The van der Waals surface area contributed by atoms with Crippen molar-refractivity contribution in [3.8, 4) is 0 Å². The monoisotopic (exact) mass is 313 g/mol. The number of amides is 1. The second-order valence-corrected chi connectivity index (χ2v) is 5.41. The van der Waals surface area contributed by atoms with Gasteiger partial charge in [-0.2, -0.15) is 0 Å². The summed E-state index contributed by atoms with van der Waals surface area (Å²) in [6, 6.07) is 7.94. The van der Waals surface area contributed by atoms with Gasteiger partial charge in [0, 0.05) is 22.7 Å². The fourth-order valence-electron chi connectivity index (χ4n) is 1.32. The van der Waals surface area contributed by atoms with E-state index in [0.29, 0.717) is 12.6 Å². The summed E-state index contributed by atoms with van der Waals surface area (Å²) in [6.07, 6.45) is 0. The molecular weight excluding hydrogens is 294 g/mol. The Morgan fingerprint density at radius 3 is 2.50 bits per heavy atom. The lowest BCUT2D eigenvalue weighted by Crippen LogP contribution is -2.38. The van der Waals surface area contributed by atoms with Crippen LogP contribution in [0.2, 0.25) is 0 Å². The normalized spacial score (nSPS) is 12.5. The maximum Gasteiger partial charge on any atom is 0.238 e. The van der Waals surface area contributed by atoms with Gasteiger partial charge < -0.3 is 15.5 Å². The van der Waals surface area contributed by atoms with Gasteiger partial charge in [0.2, 0.25) is 5.91 Å². The first-order valence-corrected chi connectivity index (χ1v) is 6.71. The van der Waals surface area contributed by atoms with Crippen LogP contribution in [0, 0.1) is 0 Å². The van der Waals surface area contributed by atoms with E-state index in [1.165, 1.54) is 0 Å². The molecule has 0 aliphatic heterocycles. The first kappa shape index (κ1) is 15.1. The van der Waals surface area contributed by atoms with Crippen molar-refractivity contribution in [2.24, 2.45) is 0 Å². The summed E-state index contributed by atoms with van der Waals surface area (Å²) in [4.78, 5) is 13.8. The maximum atomic E-state index is 11.6. The largest absolute Gasteiger partial charge is 0.325 e. The van der Waals surface area contributed by atoms with Gasteiger partial charge >= 0.3 is 0 Å². The predicted molar refractivity (Wildman–Crippen MR) is 78.8 cm³/mol. The molecule has 1 amide bonds. The molecule has 1 aromatic rings. The summed E-state index contributed by atoms with van der Waals surface area (Å²) in [5, 5.41) is 5.97. The third-order valence-corrected chi connectivity index (χ3v) is 3.26. The van der Waals surface area contributed by atoms with E-state index in [1.54, 1.807) is 0 Å². The molecule has 1 aromatic carbocycles. The molecule has 1 unspecified atom stereocenters. The van der Waals surface area contributed by atoms with Crippen molar-refractivity contribution < 1.29 is 4.79 Å². The number of benzene rings is 1. The zero-order valence-corrected chi connectivity index (χ0v) is 12.6. The molecule has 2 N–H and O–H groups in total. The van der Waals surface area contributed by atoms with Crippen LogP contribution in [-0.2, 0) is 4.79 Å². The van der Waals surface area contributed by atoms with Gasteiger partial charge in [-0.3, -0.25) is 4.79 Å². The minimum absolute atomic E-state index is 0.0247. The van der Waals surface area contributed by atoms with Crippen LogP contribution in [0.1, 0.15) is 6.92 Å². The van der Waals surface area contributed by atoms with E-state index in [1.807, 2.05) is 38.4 Å². The molecule has 100 valence electrons. The molecule has 0 spiro atoms. The molecule has 0 saturated carbocycles. The van der Waals surface area contributed by atoms with Crippen LogP contribution in [0.5, 0.6) is 0 Å². The Bertz CT molecular complexity index is 378. The molecule has 0 aliphatic carbocycles. The fourth-order valence-corrected chi connectivity index (χ4v) is 1.58. The van der Waals surface area contributed by atoms with Crippen LogP contribution in [0.4, 0.5) is 5.69 Å². The van der Waals surface area contributed by atoms with Crippen LogP contribution in [0.15, 0.2) is 28.7 Å². The van der Waals surface area contributed by atoms with Crippen molar-refractivity contribution in [2.75, 3.05) is 32.5 Å². The molecule has 18 heavy (non-hydrogen) atoms. The number of likely N-dealkylation sites (N-methyl/N-ethyl adjacent to an activating group) is 1. The predicted octanol–water partition coefficient (Wildman–Crippen LogP) is 1.93. The van der Waals surface area contributed by atoms with Gasteiger partial charge in [-0.25, -0.2) is 0 Å². The molecule has 1 atom stereocenters. The van der Waals surface area contributed by atoms with E-state index in [9.17, 15) is 4.79 Å². The number of nitrogens with one attached hydrogen (secondary N) is 2. The number of anilines is 1. The van der Waals surface area contributed by atoms with E-state index in [2.05, 4.69) is 38.4 Å². The molecule has 0 saturated heterocycles. The van der Waals surface area contributed by atoms with Gasteiger partial charge in [-0.15, -0.1) is 0 Å². The van der Waals surface area contributed by atoms with Crippen molar-refractivity contribution >= 4 is 27.5 Å². The van der Waals surface area contributed by atoms with Crippen molar-refractivity contribution in [2.45, 2.75) is 13.0 Å². The van der Waals surface area contributed by atoms with E-state index < -0.39 is 0 Å². The molecule has 4 nitrogen and oxygen atoms in total. The van der Waals surface area contributed by atoms with Gasteiger partial charge in [0.15, 0.2) is 0 Å². The summed E-state index contributed by atoms with van der Waals surface area (Å²) >= 11 is 3.35. The minimum Gasteiger partial charge on any atom is -0.325 e.